The Hall–Kier alpha value is -3.80. The van der Waals surface area contributed by atoms with Gasteiger partial charge in [0.2, 0.25) is 5.91 Å². The van der Waals surface area contributed by atoms with Crippen LogP contribution in [0.15, 0.2) is 66.7 Å². The van der Waals surface area contributed by atoms with E-state index in [1.807, 2.05) is 20.8 Å². The average molecular weight is 431 g/mol. The molecule has 0 fully saturated rings. The molecule has 0 aromatic heterocycles. The third kappa shape index (κ3) is 3.91. The SMILES string of the molecule is CC(C)(C)CC(=O)Nc1ccc2c(c1)C(c1ccc(O)cc1)(c1ccc(O)cc1)OC2=O. The molecular formula is C26H25NO5. The van der Waals surface area contributed by atoms with Crippen molar-refractivity contribution in [1.82, 2.24) is 0 Å². The smallest absolute Gasteiger partial charge is 0.340 e. The number of phenolic OH excluding ortho intramolecular Hbond substituents is 2. The summed E-state index contributed by atoms with van der Waals surface area (Å²) in [5, 5.41) is 22.5. The largest absolute Gasteiger partial charge is 0.508 e. The Morgan fingerprint density at radius 1 is 0.906 bits per heavy atom. The summed E-state index contributed by atoms with van der Waals surface area (Å²) in [7, 11) is 0. The van der Waals surface area contributed by atoms with Crippen LogP contribution in [-0.2, 0) is 15.1 Å². The number of benzene rings is 3. The lowest BCUT2D eigenvalue weighted by atomic mass is 9.79. The zero-order valence-corrected chi connectivity index (χ0v) is 18.2. The zero-order valence-electron chi connectivity index (χ0n) is 18.2. The van der Waals surface area contributed by atoms with Crippen molar-refractivity contribution in [2.75, 3.05) is 5.32 Å². The van der Waals surface area contributed by atoms with Crippen molar-refractivity contribution in [3.63, 3.8) is 0 Å². The van der Waals surface area contributed by atoms with Gasteiger partial charge in [-0.25, -0.2) is 4.79 Å². The van der Waals surface area contributed by atoms with Crippen molar-refractivity contribution in [3.05, 3.63) is 89.0 Å². The number of rotatable bonds is 4. The summed E-state index contributed by atoms with van der Waals surface area (Å²) in [6.07, 6.45) is 0.348. The summed E-state index contributed by atoms with van der Waals surface area (Å²) in [5.41, 5.74) is 1.32. The van der Waals surface area contributed by atoms with Crippen LogP contribution in [-0.4, -0.2) is 22.1 Å². The Kier molecular flexibility index (Phi) is 5.17. The Morgan fingerprint density at radius 2 is 1.44 bits per heavy atom. The van der Waals surface area contributed by atoms with Crippen molar-refractivity contribution in [1.29, 1.82) is 0 Å². The van der Waals surface area contributed by atoms with Crippen LogP contribution in [0.5, 0.6) is 11.5 Å². The van der Waals surface area contributed by atoms with E-state index in [2.05, 4.69) is 5.32 Å². The predicted molar refractivity (Wildman–Crippen MR) is 121 cm³/mol. The van der Waals surface area contributed by atoms with Gasteiger partial charge in [-0.15, -0.1) is 0 Å². The second-order valence-corrected chi connectivity index (χ2v) is 9.21. The molecule has 0 saturated heterocycles. The summed E-state index contributed by atoms with van der Waals surface area (Å²) in [4.78, 5) is 25.4. The molecule has 1 aliphatic heterocycles. The fourth-order valence-corrected chi connectivity index (χ4v) is 4.01. The van der Waals surface area contributed by atoms with Gasteiger partial charge in [0, 0.05) is 28.8 Å². The predicted octanol–water partition coefficient (Wildman–Crippen LogP) is 4.93. The van der Waals surface area contributed by atoms with E-state index in [9.17, 15) is 19.8 Å². The highest BCUT2D eigenvalue weighted by atomic mass is 16.6. The van der Waals surface area contributed by atoms with Crippen molar-refractivity contribution in [2.45, 2.75) is 32.8 Å². The second kappa shape index (κ2) is 7.71. The van der Waals surface area contributed by atoms with Gasteiger partial charge in [-0.1, -0.05) is 45.0 Å². The molecule has 6 nitrogen and oxygen atoms in total. The number of anilines is 1. The van der Waals surface area contributed by atoms with Gasteiger partial charge in [0.05, 0.1) is 5.56 Å². The number of aromatic hydroxyl groups is 2. The molecule has 4 rings (SSSR count). The van der Waals surface area contributed by atoms with Crippen molar-refractivity contribution in [3.8, 4) is 11.5 Å². The number of carbonyl (C=O) groups is 2. The molecular weight excluding hydrogens is 406 g/mol. The van der Waals surface area contributed by atoms with Crippen molar-refractivity contribution < 1.29 is 24.5 Å². The van der Waals surface area contributed by atoms with E-state index >= 15 is 0 Å². The van der Waals surface area contributed by atoms with Crippen LogP contribution in [0.2, 0.25) is 0 Å². The van der Waals surface area contributed by atoms with E-state index in [1.165, 1.54) is 24.3 Å². The van der Waals surface area contributed by atoms with Gasteiger partial charge < -0.3 is 20.3 Å². The first kappa shape index (κ1) is 21.4. The molecule has 1 amide bonds. The molecule has 3 aromatic rings. The summed E-state index contributed by atoms with van der Waals surface area (Å²) < 4.78 is 6.00. The van der Waals surface area contributed by atoms with Gasteiger partial charge in [-0.2, -0.15) is 0 Å². The van der Waals surface area contributed by atoms with Crippen LogP contribution in [0.4, 0.5) is 5.69 Å². The molecule has 0 unspecified atom stereocenters. The van der Waals surface area contributed by atoms with Crippen molar-refractivity contribution in [2.24, 2.45) is 5.41 Å². The van der Waals surface area contributed by atoms with Gasteiger partial charge >= 0.3 is 5.97 Å². The average Bonchev–Trinajstić information content (AvgIpc) is 3.00. The van der Waals surface area contributed by atoms with Crippen LogP contribution >= 0.6 is 0 Å². The highest BCUT2D eigenvalue weighted by Gasteiger charge is 2.48. The van der Waals surface area contributed by atoms with Crippen LogP contribution < -0.4 is 5.32 Å². The Morgan fingerprint density at radius 3 is 1.94 bits per heavy atom. The van der Waals surface area contributed by atoms with Crippen LogP contribution in [0.25, 0.3) is 0 Å². The zero-order chi connectivity index (χ0) is 23.1. The third-order valence-electron chi connectivity index (χ3n) is 5.39. The summed E-state index contributed by atoms with van der Waals surface area (Å²) in [6.45, 7) is 5.97. The lowest BCUT2D eigenvalue weighted by Gasteiger charge is -2.30. The molecule has 3 N–H and O–H groups in total. The molecule has 0 spiro atoms. The van der Waals surface area contributed by atoms with E-state index in [0.717, 1.165) is 0 Å². The van der Waals surface area contributed by atoms with Gasteiger partial charge in [0.25, 0.3) is 0 Å². The van der Waals surface area contributed by atoms with E-state index in [4.69, 9.17) is 4.74 Å². The van der Waals surface area contributed by atoms with Crippen LogP contribution in [0, 0.1) is 5.41 Å². The maximum absolute atomic E-state index is 12.9. The number of hydrogen-bond donors (Lipinski definition) is 3. The molecule has 164 valence electrons. The van der Waals surface area contributed by atoms with Gasteiger partial charge in [0.1, 0.15) is 11.5 Å². The Balaban J connectivity index is 1.86. The summed E-state index contributed by atoms with van der Waals surface area (Å²) in [6, 6.07) is 17.9. The quantitative estimate of drug-likeness (QED) is 0.509. The van der Waals surface area contributed by atoms with E-state index in [0.29, 0.717) is 34.4 Å². The van der Waals surface area contributed by atoms with Gasteiger partial charge in [-0.05, 0) is 47.9 Å². The second-order valence-electron chi connectivity index (χ2n) is 9.21. The number of amides is 1. The van der Waals surface area contributed by atoms with Crippen LogP contribution in [0.1, 0.15) is 54.2 Å². The number of cyclic esters (lactones) is 1. The fourth-order valence-electron chi connectivity index (χ4n) is 4.01. The lowest BCUT2D eigenvalue weighted by Crippen LogP contribution is -2.29. The molecule has 0 saturated carbocycles. The molecule has 6 heteroatoms. The normalized spacial score (nSPS) is 14.5. The third-order valence-corrected chi connectivity index (χ3v) is 5.39. The van der Waals surface area contributed by atoms with E-state index < -0.39 is 11.6 Å². The Labute approximate surface area is 186 Å². The minimum atomic E-state index is -1.29. The minimum Gasteiger partial charge on any atom is -0.508 e. The minimum absolute atomic E-state index is 0.0855. The fraction of sp³-hybridized carbons (Fsp3) is 0.231. The molecule has 1 aliphatic rings. The van der Waals surface area contributed by atoms with E-state index in [-0.39, 0.29) is 22.8 Å². The van der Waals surface area contributed by atoms with Gasteiger partial charge in [-0.3, -0.25) is 4.79 Å². The van der Waals surface area contributed by atoms with E-state index in [1.54, 1.807) is 42.5 Å². The molecule has 0 aliphatic carbocycles. The first-order chi connectivity index (χ1) is 15.1. The number of ether oxygens (including phenoxy) is 1. The molecule has 0 bridgehead atoms. The van der Waals surface area contributed by atoms with Gasteiger partial charge in [0.15, 0.2) is 5.60 Å². The number of phenols is 2. The number of carbonyl (C=O) groups excluding carboxylic acids is 2. The Bertz CT molecular complexity index is 1130. The number of nitrogens with one attached hydrogen (secondary N) is 1. The monoisotopic (exact) mass is 431 g/mol. The number of hydrogen-bond acceptors (Lipinski definition) is 5. The molecule has 0 radical (unpaired) electrons. The maximum atomic E-state index is 12.9. The topological polar surface area (TPSA) is 95.9 Å². The maximum Gasteiger partial charge on any atom is 0.340 e. The highest BCUT2D eigenvalue weighted by molar-refractivity contribution is 5.98. The van der Waals surface area contributed by atoms with Crippen molar-refractivity contribution >= 4 is 17.6 Å². The highest BCUT2D eigenvalue weighted by Crippen LogP contribution is 2.48. The summed E-state index contributed by atoms with van der Waals surface area (Å²) in [5.74, 6) is -0.444. The first-order valence-corrected chi connectivity index (χ1v) is 10.4. The lowest BCUT2D eigenvalue weighted by molar-refractivity contribution is -0.117. The summed E-state index contributed by atoms with van der Waals surface area (Å²) >= 11 is 0. The molecule has 0 atom stereocenters. The molecule has 3 aromatic carbocycles. The standard InChI is InChI=1S/C26H25NO5/c1-25(2,3)15-23(30)27-18-8-13-21-22(14-18)26(32-24(21)31,16-4-9-19(28)10-5-16)17-6-11-20(29)12-7-17/h4-14,28-29H,15H2,1-3H3,(H,27,30). The number of esters is 1. The van der Waals surface area contributed by atoms with Crippen LogP contribution in [0.3, 0.4) is 0 Å². The number of fused-ring (bicyclic) bond motifs is 1. The molecule has 32 heavy (non-hydrogen) atoms. The first-order valence-electron chi connectivity index (χ1n) is 10.4. The molecule has 1 heterocycles.